The lowest BCUT2D eigenvalue weighted by Crippen LogP contribution is -2.22. The number of hydrogen-bond donors (Lipinski definition) is 2. The van der Waals surface area contributed by atoms with Crippen molar-refractivity contribution in [2.75, 3.05) is 28.6 Å². The van der Waals surface area contributed by atoms with Crippen molar-refractivity contribution in [3.8, 4) is 0 Å². The number of carbonyl (C=O) groups excluding carboxylic acids is 1. The van der Waals surface area contributed by atoms with Crippen molar-refractivity contribution in [2.24, 2.45) is 7.05 Å². The molecule has 0 aliphatic rings. The molecule has 1 aromatic heterocycles. The Morgan fingerprint density at radius 2 is 1.82 bits per heavy atom. The van der Waals surface area contributed by atoms with Gasteiger partial charge in [0.1, 0.15) is 0 Å². The van der Waals surface area contributed by atoms with Gasteiger partial charge >= 0.3 is 6.03 Å². The molecule has 0 aliphatic carbocycles. The molecule has 0 saturated carbocycles. The molecule has 0 radical (unpaired) electrons. The van der Waals surface area contributed by atoms with Gasteiger partial charge in [-0.25, -0.2) is 4.79 Å². The summed E-state index contributed by atoms with van der Waals surface area (Å²) in [7, 11) is 1.84. The van der Waals surface area contributed by atoms with E-state index in [0.29, 0.717) is 5.82 Å². The van der Waals surface area contributed by atoms with Gasteiger partial charge in [0.2, 0.25) is 0 Å². The molecule has 0 bridgehead atoms. The topological polar surface area (TPSA) is 62.2 Å². The van der Waals surface area contributed by atoms with Crippen molar-refractivity contribution in [3.63, 3.8) is 0 Å². The van der Waals surface area contributed by atoms with E-state index in [1.807, 2.05) is 44.3 Å². The van der Waals surface area contributed by atoms with E-state index < -0.39 is 0 Å². The number of aromatic nitrogens is 2. The molecule has 0 saturated heterocycles. The second kappa shape index (κ2) is 6.98. The molecule has 0 atom stereocenters. The Labute approximate surface area is 131 Å². The predicted molar refractivity (Wildman–Crippen MR) is 90.6 cm³/mol. The SMILES string of the molecule is CCN(CC)c1ccc(NC(=O)Nc2cc(C)n(C)n2)cc1. The summed E-state index contributed by atoms with van der Waals surface area (Å²) in [6.45, 7) is 8.10. The van der Waals surface area contributed by atoms with Gasteiger partial charge in [-0.05, 0) is 45.0 Å². The molecule has 2 N–H and O–H groups in total. The Bertz CT molecular complexity index is 609. The van der Waals surface area contributed by atoms with E-state index in [0.717, 1.165) is 30.2 Å². The normalized spacial score (nSPS) is 10.4. The van der Waals surface area contributed by atoms with Gasteiger partial charge in [-0.1, -0.05) is 0 Å². The van der Waals surface area contributed by atoms with Crippen LogP contribution in [0, 0.1) is 6.92 Å². The Morgan fingerprint density at radius 1 is 1.18 bits per heavy atom. The van der Waals surface area contributed by atoms with Crippen LogP contribution in [0.25, 0.3) is 0 Å². The van der Waals surface area contributed by atoms with Gasteiger partial charge in [0.15, 0.2) is 5.82 Å². The lowest BCUT2D eigenvalue weighted by molar-refractivity contribution is 0.262. The van der Waals surface area contributed by atoms with E-state index in [1.165, 1.54) is 0 Å². The van der Waals surface area contributed by atoms with Gasteiger partial charge in [0, 0.05) is 43.3 Å². The minimum absolute atomic E-state index is 0.298. The van der Waals surface area contributed by atoms with Gasteiger partial charge in [-0.3, -0.25) is 10.00 Å². The molecule has 2 aromatic rings. The summed E-state index contributed by atoms with van der Waals surface area (Å²) < 4.78 is 1.72. The summed E-state index contributed by atoms with van der Waals surface area (Å²) in [4.78, 5) is 14.2. The number of carbonyl (C=O) groups is 1. The summed E-state index contributed by atoms with van der Waals surface area (Å²) in [5.74, 6) is 0.539. The zero-order chi connectivity index (χ0) is 16.1. The third-order valence-corrected chi connectivity index (χ3v) is 3.61. The molecular formula is C16H23N5O. The lowest BCUT2D eigenvalue weighted by atomic mass is 10.2. The van der Waals surface area contributed by atoms with Gasteiger partial charge in [0.25, 0.3) is 0 Å². The number of benzene rings is 1. The molecule has 6 heteroatoms. The van der Waals surface area contributed by atoms with Crippen LogP contribution in [0.15, 0.2) is 30.3 Å². The first-order valence-corrected chi connectivity index (χ1v) is 7.47. The highest BCUT2D eigenvalue weighted by atomic mass is 16.2. The number of amides is 2. The molecule has 2 amide bonds. The number of nitrogens with one attached hydrogen (secondary N) is 2. The summed E-state index contributed by atoms with van der Waals surface area (Å²) >= 11 is 0. The van der Waals surface area contributed by atoms with Crippen LogP contribution in [0.5, 0.6) is 0 Å². The summed E-state index contributed by atoms with van der Waals surface area (Å²) in [6, 6.07) is 9.34. The molecule has 1 heterocycles. The molecule has 0 aliphatic heterocycles. The third-order valence-electron chi connectivity index (χ3n) is 3.61. The Hall–Kier alpha value is -2.50. The summed E-state index contributed by atoms with van der Waals surface area (Å²) in [5.41, 5.74) is 2.89. The van der Waals surface area contributed by atoms with Crippen LogP contribution in [-0.4, -0.2) is 28.9 Å². The first kappa shape index (κ1) is 15.9. The Morgan fingerprint density at radius 3 is 2.32 bits per heavy atom. The van der Waals surface area contributed by atoms with E-state index in [4.69, 9.17) is 0 Å². The van der Waals surface area contributed by atoms with Crippen LogP contribution >= 0.6 is 0 Å². The van der Waals surface area contributed by atoms with Crippen molar-refractivity contribution >= 4 is 23.2 Å². The summed E-state index contributed by atoms with van der Waals surface area (Å²) in [6.07, 6.45) is 0. The highest BCUT2D eigenvalue weighted by molar-refractivity contribution is 5.99. The van der Waals surface area contributed by atoms with Gasteiger partial charge in [0.05, 0.1) is 0 Å². The number of hydrogen-bond acceptors (Lipinski definition) is 3. The van der Waals surface area contributed by atoms with Crippen molar-refractivity contribution in [2.45, 2.75) is 20.8 Å². The average molecular weight is 301 g/mol. The highest BCUT2D eigenvalue weighted by Crippen LogP contribution is 2.18. The van der Waals surface area contributed by atoms with E-state index in [2.05, 4.69) is 34.5 Å². The van der Waals surface area contributed by atoms with Crippen LogP contribution in [0.2, 0.25) is 0 Å². The molecule has 2 rings (SSSR count). The monoisotopic (exact) mass is 301 g/mol. The zero-order valence-electron chi connectivity index (χ0n) is 13.6. The van der Waals surface area contributed by atoms with Gasteiger partial charge in [-0.15, -0.1) is 0 Å². The standard InChI is InChI=1S/C16H23N5O/c1-5-21(6-2)14-9-7-13(8-10-14)17-16(22)18-15-11-12(3)20(4)19-15/h7-11H,5-6H2,1-4H3,(H2,17,18,19,22). The maximum atomic E-state index is 12.0. The number of aryl methyl sites for hydroxylation is 2. The highest BCUT2D eigenvalue weighted by Gasteiger charge is 2.07. The zero-order valence-corrected chi connectivity index (χ0v) is 13.6. The van der Waals surface area contributed by atoms with Crippen molar-refractivity contribution in [3.05, 3.63) is 36.0 Å². The number of nitrogens with zero attached hydrogens (tertiary/aromatic N) is 3. The van der Waals surface area contributed by atoms with E-state index in [9.17, 15) is 4.79 Å². The fraction of sp³-hybridized carbons (Fsp3) is 0.375. The molecule has 0 fully saturated rings. The van der Waals surface area contributed by atoms with Gasteiger partial charge < -0.3 is 10.2 Å². The van der Waals surface area contributed by atoms with E-state index in [-0.39, 0.29) is 6.03 Å². The van der Waals surface area contributed by atoms with Crippen LogP contribution in [-0.2, 0) is 7.05 Å². The number of rotatable bonds is 5. The molecule has 0 spiro atoms. The van der Waals surface area contributed by atoms with Crippen molar-refractivity contribution < 1.29 is 4.79 Å². The molecular weight excluding hydrogens is 278 g/mol. The first-order chi connectivity index (χ1) is 10.5. The van der Waals surface area contributed by atoms with Gasteiger partial charge in [-0.2, -0.15) is 5.10 Å². The second-order valence-electron chi connectivity index (χ2n) is 5.09. The quantitative estimate of drug-likeness (QED) is 0.891. The van der Waals surface area contributed by atoms with Crippen LogP contribution in [0.3, 0.4) is 0 Å². The second-order valence-corrected chi connectivity index (χ2v) is 5.09. The molecule has 0 unspecified atom stereocenters. The van der Waals surface area contributed by atoms with E-state index >= 15 is 0 Å². The average Bonchev–Trinajstić information content (AvgIpc) is 2.80. The van der Waals surface area contributed by atoms with Crippen LogP contribution < -0.4 is 15.5 Å². The van der Waals surface area contributed by atoms with E-state index in [1.54, 1.807) is 4.68 Å². The fourth-order valence-corrected chi connectivity index (χ4v) is 2.24. The smallest absolute Gasteiger partial charge is 0.324 e. The Kier molecular flexibility index (Phi) is 5.04. The lowest BCUT2D eigenvalue weighted by Gasteiger charge is -2.21. The minimum atomic E-state index is -0.298. The van der Waals surface area contributed by atoms with Crippen LogP contribution in [0.4, 0.5) is 22.0 Å². The largest absolute Gasteiger partial charge is 0.372 e. The molecule has 6 nitrogen and oxygen atoms in total. The molecule has 22 heavy (non-hydrogen) atoms. The van der Waals surface area contributed by atoms with Crippen LogP contribution in [0.1, 0.15) is 19.5 Å². The first-order valence-electron chi connectivity index (χ1n) is 7.47. The molecule has 1 aromatic carbocycles. The number of anilines is 3. The fourth-order valence-electron chi connectivity index (χ4n) is 2.24. The Balaban J connectivity index is 1.96. The summed E-state index contributed by atoms with van der Waals surface area (Å²) in [5, 5.41) is 9.71. The maximum Gasteiger partial charge on any atom is 0.324 e. The molecule has 118 valence electrons. The van der Waals surface area contributed by atoms with Crippen molar-refractivity contribution in [1.82, 2.24) is 9.78 Å². The third kappa shape index (κ3) is 3.78. The minimum Gasteiger partial charge on any atom is -0.372 e. The maximum absolute atomic E-state index is 12.0. The van der Waals surface area contributed by atoms with Crippen molar-refractivity contribution in [1.29, 1.82) is 0 Å². The predicted octanol–water partition coefficient (Wildman–Crippen LogP) is 3.22. The number of urea groups is 1.